The molecule has 21 heavy (non-hydrogen) atoms. The lowest BCUT2D eigenvalue weighted by Crippen LogP contribution is -2.35. The Morgan fingerprint density at radius 1 is 1.48 bits per heavy atom. The molecule has 4 nitrogen and oxygen atoms in total. The number of halogens is 3. The van der Waals surface area contributed by atoms with E-state index in [1.54, 1.807) is 0 Å². The lowest BCUT2D eigenvalue weighted by atomic mass is 10.0. The third kappa shape index (κ3) is 2.97. The highest BCUT2D eigenvalue weighted by Gasteiger charge is 2.36. The molecule has 0 saturated carbocycles. The summed E-state index contributed by atoms with van der Waals surface area (Å²) in [5.74, 6) is -0.352. The molecular weight excluding hydrogens is 283 g/mol. The fourth-order valence-electron chi connectivity index (χ4n) is 2.79. The number of nitrogens with one attached hydrogen (secondary N) is 1. The van der Waals surface area contributed by atoms with Crippen molar-refractivity contribution in [2.24, 2.45) is 11.7 Å². The number of nitrogen functional groups attached to an aromatic ring is 1. The summed E-state index contributed by atoms with van der Waals surface area (Å²) in [4.78, 5) is 1.87. The molecule has 1 aliphatic rings. The van der Waals surface area contributed by atoms with Crippen LogP contribution in [0.15, 0.2) is 18.2 Å². The molecule has 1 heterocycles. The van der Waals surface area contributed by atoms with Crippen LogP contribution in [0.4, 0.5) is 18.9 Å². The quantitative estimate of drug-likeness (QED) is 0.592. The minimum absolute atomic E-state index is 0.0579. The average molecular weight is 301 g/mol. The molecule has 2 atom stereocenters. The zero-order valence-electron chi connectivity index (χ0n) is 11.6. The van der Waals surface area contributed by atoms with Gasteiger partial charge in [0.05, 0.1) is 18.2 Å². The SMILES string of the molecule is CC1CCN(c2ccc(C(F)(F)F)c(C(=N)N)c2)C1CO. The highest BCUT2D eigenvalue weighted by Crippen LogP contribution is 2.36. The maximum absolute atomic E-state index is 12.9. The predicted octanol–water partition coefficient (Wildman–Crippen LogP) is 2.20. The van der Waals surface area contributed by atoms with Gasteiger partial charge in [-0.05, 0) is 30.5 Å². The second-order valence-corrected chi connectivity index (χ2v) is 5.35. The lowest BCUT2D eigenvalue weighted by Gasteiger charge is -2.28. The van der Waals surface area contributed by atoms with E-state index >= 15 is 0 Å². The van der Waals surface area contributed by atoms with Crippen molar-refractivity contribution in [2.45, 2.75) is 25.6 Å². The van der Waals surface area contributed by atoms with E-state index in [1.807, 2.05) is 11.8 Å². The van der Waals surface area contributed by atoms with Gasteiger partial charge in [0.25, 0.3) is 0 Å². The van der Waals surface area contributed by atoms with Crippen molar-refractivity contribution in [2.75, 3.05) is 18.1 Å². The molecule has 0 bridgehead atoms. The Bertz CT molecular complexity index is 545. The molecule has 116 valence electrons. The van der Waals surface area contributed by atoms with Crippen LogP contribution in [0.1, 0.15) is 24.5 Å². The van der Waals surface area contributed by atoms with Gasteiger partial charge in [0.15, 0.2) is 0 Å². The van der Waals surface area contributed by atoms with E-state index in [0.29, 0.717) is 12.2 Å². The van der Waals surface area contributed by atoms with Crippen molar-refractivity contribution in [3.63, 3.8) is 0 Å². The van der Waals surface area contributed by atoms with Crippen LogP contribution >= 0.6 is 0 Å². The second-order valence-electron chi connectivity index (χ2n) is 5.35. The number of aliphatic hydroxyl groups excluding tert-OH is 1. The number of nitrogens with two attached hydrogens (primary N) is 1. The Morgan fingerprint density at radius 3 is 2.67 bits per heavy atom. The summed E-state index contributed by atoms with van der Waals surface area (Å²) in [5.41, 5.74) is 4.61. The van der Waals surface area contributed by atoms with Gasteiger partial charge in [0, 0.05) is 17.8 Å². The highest BCUT2D eigenvalue weighted by atomic mass is 19.4. The Kier molecular flexibility index (Phi) is 4.13. The molecule has 0 radical (unpaired) electrons. The summed E-state index contributed by atoms with van der Waals surface area (Å²) in [6.45, 7) is 2.60. The number of nitrogens with zero attached hydrogens (tertiary/aromatic N) is 1. The van der Waals surface area contributed by atoms with E-state index < -0.39 is 17.6 Å². The Morgan fingerprint density at radius 2 is 2.14 bits per heavy atom. The summed E-state index contributed by atoms with van der Waals surface area (Å²) < 4.78 is 38.8. The Balaban J connectivity index is 2.44. The molecule has 2 unspecified atom stereocenters. The summed E-state index contributed by atoms with van der Waals surface area (Å²) in [5, 5.41) is 16.8. The predicted molar refractivity (Wildman–Crippen MR) is 74.5 cm³/mol. The average Bonchev–Trinajstić information content (AvgIpc) is 2.78. The Labute approximate surface area is 120 Å². The van der Waals surface area contributed by atoms with Crippen LogP contribution in [-0.4, -0.2) is 30.1 Å². The van der Waals surface area contributed by atoms with Crippen molar-refractivity contribution in [1.29, 1.82) is 5.41 Å². The third-order valence-electron chi connectivity index (χ3n) is 4.00. The van der Waals surface area contributed by atoms with Crippen LogP contribution in [0.3, 0.4) is 0 Å². The maximum atomic E-state index is 12.9. The van der Waals surface area contributed by atoms with Crippen molar-refractivity contribution >= 4 is 11.5 Å². The van der Waals surface area contributed by atoms with Crippen LogP contribution in [0.5, 0.6) is 0 Å². The molecule has 2 rings (SSSR count). The number of rotatable bonds is 3. The van der Waals surface area contributed by atoms with Gasteiger partial charge in [-0.1, -0.05) is 6.92 Å². The summed E-state index contributed by atoms with van der Waals surface area (Å²) in [7, 11) is 0. The molecule has 1 fully saturated rings. The number of hydrogen-bond acceptors (Lipinski definition) is 3. The lowest BCUT2D eigenvalue weighted by molar-refractivity contribution is -0.137. The number of hydrogen-bond donors (Lipinski definition) is 3. The monoisotopic (exact) mass is 301 g/mol. The number of aliphatic hydroxyl groups is 1. The van der Waals surface area contributed by atoms with Gasteiger partial charge in [0.1, 0.15) is 5.84 Å². The molecule has 1 aromatic carbocycles. The van der Waals surface area contributed by atoms with E-state index in [4.69, 9.17) is 11.1 Å². The first-order chi connectivity index (χ1) is 9.75. The molecule has 0 aromatic heterocycles. The minimum Gasteiger partial charge on any atom is -0.394 e. The second kappa shape index (κ2) is 5.55. The fraction of sp³-hybridized carbons (Fsp3) is 0.500. The van der Waals surface area contributed by atoms with E-state index in [9.17, 15) is 18.3 Å². The van der Waals surface area contributed by atoms with E-state index in [1.165, 1.54) is 12.1 Å². The molecule has 7 heteroatoms. The molecule has 1 aliphatic heterocycles. The van der Waals surface area contributed by atoms with Crippen LogP contribution in [-0.2, 0) is 6.18 Å². The smallest absolute Gasteiger partial charge is 0.394 e. The van der Waals surface area contributed by atoms with E-state index in [0.717, 1.165) is 12.5 Å². The van der Waals surface area contributed by atoms with Gasteiger partial charge in [-0.3, -0.25) is 5.41 Å². The van der Waals surface area contributed by atoms with Crippen molar-refractivity contribution in [3.8, 4) is 0 Å². The molecule has 1 aromatic rings. The normalized spacial score (nSPS) is 22.6. The number of amidine groups is 1. The number of alkyl halides is 3. The maximum Gasteiger partial charge on any atom is 0.417 e. The number of anilines is 1. The highest BCUT2D eigenvalue weighted by molar-refractivity contribution is 5.97. The summed E-state index contributed by atoms with van der Waals surface area (Å²) in [6.07, 6.45) is -3.68. The van der Waals surface area contributed by atoms with Crippen molar-refractivity contribution < 1.29 is 18.3 Å². The van der Waals surface area contributed by atoms with Crippen LogP contribution in [0.25, 0.3) is 0 Å². The minimum atomic E-state index is -4.55. The zero-order valence-corrected chi connectivity index (χ0v) is 11.6. The Hall–Kier alpha value is -1.76. The van der Waals surface area contributed by atoms with E-state index in [2.05, 4.69) is 0 Å². The first-order valence-corrected chi connectivity index (χ1v) is 6.69. The van der Waals surface area contributed by atoms with Crippen molar-refractivity contribution in [1.82, 2.24) is 0 Å². The standard InChI is InChI=1S/C14H18F3N3O/c1-8-4-5-20(12(8)7-21)9-2-3-11(14(15,16)17)10(6-9)13(18)19/h2-3,6,8,12,21H,4-5,7H2,1H3,(H3,18,19). The molecular formula is C14H18F3N3O. The van der Waals surface area contributed by atoms with Gasteiger partial charge in [-0.2, -0.15) is 13.2 Å². The molecule has 4 N–H and O–H groups in total. The third-order valence-corrected chi connectivity index (χ3v) is 4.00. The first-order valence-electron chi connectivity index (χ1n) is 6.69. The molecule has 0 amide bonds. The molecule has 1 saturated heterocycles. The zero-order chi connectivity index (χ0) is 15.8. The van der Waals surface area contributed by atoms with Crippen LogP contribution in [0.2, 0.25) is 0 Å². The van der Waals surface area contributed by atoms with Gasteiger partial charge in [0.2, 0.25) is 0 Å². The van der Waals surface area contributed by atoms with Crippen LogP contribution < -0.4 is 10.6 Å². The molecule has 0 aliphatic carbocycles. The van der Waals surface area contributed by atoms with Crippen LogP contribution in [0, 0.1) is 11.3 Å². The van der Waals surface area contributed by atoms with Gasteiger partial charge < -0.3 is 15.7 Å². The van der Waals surface area contributed by atoms with E-state index in [-0.39, 0.29) is 24.1 Å². The summed E-state index contributed by atoms with van der Waals surface area (Å²) >= 11 is 0. The number of benzene rings is 1. The topological polar surface area (TPSA) is 73.3 Å². The largest absolute Gasteiger partial charge is 0.417 e. The van der Waals surface area contributed by atoms with Gasteiger partial charge in [-0.15, -0.1) is 0 Å². The van der Waals surface area contributed by atoms with Crippen molar-refractivity contribution in [3.05, 3.63) is 29.3 Å². The summed E-state index contributed by atoms with van der Waals surface area (Å²) in [6, 6.07) is 3.48. The molecule has 0 spiro atoms. The fourth-order valence-corrected chi connectivity index (χ4v) is 2.79. The first kappa shape index (κ1) is 15.6. The van der Waals surface area contributed by atoms with Gasteiger partial charge in [-0.25, -0.2) is 0 Å². The van der Waals surface area contributed by atoms with Gasteiger partial charge >= 0.3 is 6.18 Å².